The molecule has 27 heavy (non-hydrogen) atoms. The molecule has 1 N–H and O–H groups in total. The predicted octanol–water partition coefficient (Wildman–Crippen LogP) is 1.81. The van der Waals surface area contributed by atoms with Gasteiger partial charge in [-0.05, 0) is 50.8 Å². The highest BCUT2D eigenvalue weighted by Crippen LogP contribution is 2.33. The molecule has 0 spiro atoms. The number of hydrogen-bond donors (Lipinski definition) is 1. The predicted molar refractivity (Wildman–Crippen MR) is 101 cm³/mol. The summed E-state index contributed by atoms with van der Waals surface area (Å²) >= 11 is 0. The second kappa shape index (κ2) is 6.87. The first kappa shape index (κ1) is 17.8. The standard InChI is InChI=1S/C20H27N5O2/c1-13-15(14(2)23(3)22-13)6-7-19(26)24-11-8-18-17(24)9-12-25(18)20(27)16-5-4-10-21-16/h4-5,10,17-18,21H,6-9,11-12H2,1-3H3/t17-,18-/m0/s1. The summed E-state index contributed by atoms with van der Waals surface area (Å²) in [7, 11) is 1.94. The van der Waals surface area contributed by atoms with Crippen LogP contribution in [0, 0.1) is 13.8 Å². The molecule has 0 saturated carbocycles. The lowest BCUT2D eigenvalue weighted by Crippen LogP contribution is -2.41. The Morgan fingerprint density at radius 2 is 1.89 bits per heavy atom. The molecular weight excluding hydrogens is 342 g/mol. The second-order valence-corrected chi connectivity index (χ2v) is 7.65. The number of amides is 2. The smallest absolute Gasteiger partial charge is 0.270 e. The van der Waals surface area contributed by atoms with Gasteiger partial charge >= 0.3 is 0 Å². The molecule has 2 atom stereocenters. The van der Waals surface area contributed by atoms with Gasteiger partial charge in [0, 0.05) is 38.4 Å². The van der Waals surface area contributed by atoms with Crippen LogP contribution in [0.1, 0.15) is 46.7 Å². The van der Waals surface area contributed by atoms with E-state index in [1.807, 2.05) is 47.5 Å². The molecule has 2 fully saturated rings. The van der Waals surface area contributed by atoms with Crippen molar-refractivity contribution < 1.29 is 9.59 Å². The van der Waals surface area contributed by atoms with Crippen molar-refractivity contribution in [3.05, 3.63) is 41.0 Å². The van der Waals surface area contributed by atoms with Gasteiger partial charge in [0.2, 0.25) is 5.91 Å². The molecule has 2 amide bonds. The second-order valence-electron chi connectivity index (χ2n) is 7.65. The third-order valence-electron chi connectivity index (χ3n) is 6.23. The summed E-state index contributed by atoms with van der Waals surface area (Å²) in [5.41, 5.74) is 3.94. The number of nitrogens with one attached hydrogen (secondary N) is 1. The van der Waals surface area contributed by atoms with E-state index in [-0.39, 0.29) is 23.9 Å². The Hall–Kier alpha value is -2.57. The lowest BCUT2D eigenvalue weighted by atomic mass is 10.1. The van der Waals surface area contributed by atoms with Crippen LogP contribution in [0.5, 0.6) is 0 Å². The average molecular weight is 369 g/mol. The van der Waals surface area contributed by atoms with Crippen molar-refractivity contribution in [2.75, 3.05) is 13.1 Å². The number of hydrogen-bond acceptors (Lipinski definition) is 3. The van der Waals surface area contributed by atoms with E-state index in [0.717, 1.165) is 43.7 Å². The van der Waals surface area contributed by atoms with Gasteiger partial charge < -0.3 is 14.8 Å². The third-order valence-corrected chi connectivity index (χ3v) is 6.23. The lowest BCUT2D eigenvalue weighted by Gasteiger charge is -2.25. The maximum atomic E-state index is 12.9. The molecule has 2 aliphatic heterocycles. The molecule has 2 aromatic heterocycles. The number of aromatic nitrogens is 3. The number of likely N-dealkylation sites (tertiary alicyclic amines) is 2. The quantitative estimate of drug-likeness (QED) is 0.893. The zero-order chi connectivity index (χ0) is 19.1. The van der Waals surface area contributed by atoms with Gasteiger partial charge in [-0.15, -0.1) is 0 Å². The number of carbonyl (C=O) groups excluding carboxylic acids is 2. The summed E-state index contributed by atoms with van der Waals surface area (Å²) in [6, 6.07) is 3.96. The molecule has 0 aliphatic carbocycles. The Bertz CT molecular complexity index is 854. The molecule has 4 rings (SSSR count). The molecule has 2 aliphatic rings. The minimum Gasteiger partial charge on any atom is -0.357 e. The van der Waals surface area contributed by atoms with E-state index in [1.54, 1.807) is 6.20 Å². The Kier molecular flexibility index (Phi) is 4.53. The van der Waals surface area contributed by atoms with Gasteiger partial charge in [0.25, 0.3) is 5.91 Å². The summed E-state index contributed by atoms with van der Waals surface area (Å²) in [6.45, 7) is 5.51. The maximum absolute atomic E-state index is 12.9. The minimum atomic E-state index is 0.0448. The van der Waals surface area contributed by atoms with Gasteiger partial charge in [0.15, 0.2) is 0 Å². The molecule has 0 unspecified atom stereocenters. The van der Waals surface area contributed by atoms with E-state index < -0.39 is 0 Å². The summed E-state index contributed by atoms with van der Waals surface area (Å²) < 4.78 is 1.88. The number of aromatic amines is 1. The first-order chi connectivity index (χ1) is 13.0. The van der Waals surface area contributed by atoms with Crippen molar-refractivity contribution in [3.8, 4) is 0 Å². The van der Waals surface area contributed by atoms with Crippen LogP contribution >= 0.6 is 0 Å². The Morgan fingerprint density at radius 3 is 2.52 bits per heavy atom. The van der Waals surface area contributed by atoms with Gasteiger partial charge in [0.1, 0.15) is 5.69 Å². The third kappa shape index (κ3) is 3.05. The highest BCUT2D eigenvalue weighted by atomic mass is 16.2. The van der Waals surface area contributed by atoms with Crippen LogP contribution in [-0.4, -0.2) is 61.6 Å². The van der Waals surface area contributed by atoms with Crippen LogP contribution in [0.15, 0.2) is 18.3 Å². The maximum Gasteiger partial charge on any atom is 0.270 e. The van der Waals surface area contributed by atoms with Crippen molar-refractivity contribution in [3.63, 3.8) is 0 Å². The molecule has 2 aromatic rings. The lowest BCUT2D eigenvalue weighted by molar-refractivity contribution is -0.132. The fraction of sp³-hybridized carbons (Fsp3) is 0.550. The van der Waals surface area contributed by atoms with Crippen LogP contribution in [0.4, 0.5) is 0 Å². The molecule has 0 aromatic carbocycles. The summed E-state index contributed by atoms with van der Waals surface area (Å²) in [5.74, 6) is 0.239. The highest BCUT2D eigenvalue weighted by molar-refractivity contribution is 5.93. The van der Waals surface area contributed by atoms with Crippen LogP contribution in [0.2, 0.25) is 0 Å². The SMILES string of the molecule is Cc1nn(C)c(C)c1CCC(=O)N1CC[C@H]2[C@@H]1CCN2C(=O)c1ccc[nH]1. The van der Waals surface area contributed by atoms with E-state index >= 15 is 0 Å². The molecule has 4 heterocycles. The van der Waals surface area contributed by atoms with Crippen molar-refractivity contribution in [2.24, 2.45) is 7.05 Å². The van der Waals surface area contributed by atoms with Crippen LogP contribution in [0.25, 0.3) is 0 Å². The molecular formula is C20H27N5O2. The molecule has 2 saturated heterocycles. The molecule has 7 heteroatoms. The average Bonchev–Trinajstić information content (AvgIpc) is 3.39. The number of rotatable bonds is 4. The van der Waals surface area contributed by atoms with Gasteiger partial charge in [-0.25, -0.2) is 0 Å². The van der Waals surface area contributed by atoms with Crippen LogP contribution < -0.4 is 0 Å². The van der Waals surface area contributed by atoms with Crippen LogP contribution in [-0.2, 0) is 18.3 Å². The van der Waals surface area contributed by atoms with Crippen molar-refractivity contribution in [1.29, 1.82) is 0 Å². The van der Waals surface area contributed by atoms with Crippen molar-refractivity contribution in [2.45, 2.75) is 51.6 Å². The largest absolute Gasteiger partial charge is 0.357 e. The van der Waals surface area contributed by atoms with Crippen molar-refractivity contribution in [1.82, 2.24) is 24.6 Å². The van der Waals surface area contributed by atoms with E-state index in [1.165, 1.54) is 5.56 Å². The van der Waals surface area contributed by atoms with Gasteiger partial charge in [-0.3, -0.25) is 14.3 Å². The first-order valence-corrected chi connectivity index (χ1v) is 9.70. The van der Waals surface area contributed by atoms with E-state index in [0.29, 0.717) is 12.1 Å². The zero-order valence-corrected chi connectivity index (χ0v) is 16.2. The summed E-state index contributed by atoms with van der Waals surface area (Å²) in [6.07, 6.45) is 4.74. The Balaban J connectivity index is 1.40. The molecule has 7 nitrogen and oxygen atoms in total. The minimum absolute atomic E-state index is 0.0448. The topological polar surface area (TPSA) is 74.2 Å². The van der Waals surface area contributed by atoms with E-state index in [2.05, 4.69) is 10.1 Å². The summed E-state index contributed by atoms with van der Waals surface area (Å²) in [5, 5.41) is 4.44. The Morgan fingerprint density at radius 1 is 1.19 bits per heavy atom. The zero-order valence-electron chi connectivity index (χ0n) is 16.2. The number of aryl methyl sites for hydroxylation is 2. The fourth-order valence-electron chi connectivity index (χ4n) is 4.72. The highest BCUT2D eigenvalue weighted by Gasteiger charge is 2.46. The van der Waals surface area contributed by atoms with E-state index in [4.69, 9.17) is 0 Å². The van der Waals surface area contributed by atoms with Gasteiger partial charge in [-0.2, -0.15) is 5.10 Å². The molecule has 0 bridgehead atoms. The first-order valence-electron chi connectivity index (χ1n) is 9.70. The van der Waals surface area contributed by atoms with E-state index in [9.17, 15) is 9.59 Å². The van der Waals surface area contributed by atoms with Crippen LogP contribution in [0.3, 0.4) is 0 Å². The summed E-state index contributed by atoms with van der Waals surface area (Å²) in [4.78, 5) is 32.5. The van der Waals surface area contributed by atoms with Crippen molar-refractivity contribution >= 4 is 11.8 Å². The molecule has 144 valence electrons. The number of nitrogens with zero attached hydrogens (tertiary/aromatic N) is 4. The molecule has 0 radical (unpaired) electrons. The monoisotopic (exact) mass is 369 g/mol. The van der Waals surface area contributed by atoms with Gasteiger partial charge in [-0.1, -0.05) is 0 Å². The number of carbonyl (C=O) groups is 2. The normalized spacial score (nSPS) is 21.7. The van der Waals surface area contributed by atoms with Gasteiger partial charge in [0.05, 0.1) is 17.8 Å². The fourth-order valence-corrected chi connectivity index (χ4v) is 4.72. The number of H-pyrrole nitrogens is 1. The number of fused-ring (bicyclic) bond motifs is 1. The Labute approximate surface area is 159 Å².